The topological polar surface area (TPSA) is 38.0 Å². The number of nitrogens with two attached hydrogens (primary N) is 1. The SMILES string of the molecule is Cc1cc(Nc2cc(Cl)ccc2C)c(Br)cc1N. The van der Waals surface area contributed by atoms with E-state index in [2.05, 4.69) is 21.2 Å². The Bertz CT molecular complexity index is 597. The van der Waals surface area contributed by atoms with Gasteiger partial charge in [0.05, 0.1) is 5.69 Å². The van der Waals surface area contributed by atoms with E-state index in [1.54, 1.807) is 0 Å². The van der Waals surface area contributed by atoms with E-state index in [4.69, 9.17) is 17.3 Å². The van der Waals surface area contributed by atoms with Crippen molar-refractivity contribution in [2.75, 3.05) is 11.1 Å². The summed E-state index contributed by atoms with van der Waals surface area (Å²) in [5, 5.41) is 4.08. The maximum Gasteiger partial charge on any atom is 0.0532 e. The molecule has 0 saturated heterocycles. The van der Waals surface area contributed by atoms with Gasteiger partial charge in [-0.25, -0.2) is 0 Å². The molecule has 0 heterocycles. The molecule has 0 bridgehead atoms. The lowest BCUT2D eigenvalue weighted by atomic mass is 10.1. The number of halogens is 2. The summed E-state index contributed by atoms with van der Waals surface area (Å²) in [4.78, 5) is 0. The van der Waals surface area contributed by atoms with Crippen LogP contribution in [-0.2, 0) is 0 Å². The van der Waals surface area contributed by atoms with Gasteiger partial charge < -0.3 is 11.1 Å². The van der Waals surface area contributed by atoms with Crippen molar-refractivity contribution in [1.29, 1.82) is 0 Å². The molecular formula is C14H14BrClN2. The van der Waals surface area contributed by atoms with E-state index in [0.717, 1.165) is 32.7 Å². The van der Waals surface area contributed by atoms with Crippen LogP contribution in [0.1, 0.15) is 11.1 Å². The Morgan fingerprint density at radius 2 is 1.78 bits per heavy atom. The number of hydrogen-bond donors (Lipinski definition) is 2. The molecule has 0 unspecified atom stereocenters. The minimum atomic E-state index is 0.714. The maximum absolute atomic E-state index is 6.01. The molecule has 0 aliphatic rings. The number of anilines is 3. The second-order valence-corrected chi connectivity index (χ2v) is 5.56. The number of rotatable bonds is 2. The molecule has 0 aliphatic heterocycles. The third kappa shape index (κ3) is 2.79. The lowest BCUT2D eigenvalue weighted by Crippen LogP contribution is -1.97. The molecular weight excluding hydrogens is 312 g/mol. The molecule has 4 heteroatoms. The molecule has 2 aromatic carbocycles. The predicted molar refractivity (Wildman–Crippen MR) is 82.8 cm³/mol. The van der Waals surface area contributed by atoms with Gasteiger partial charge in [0.15, 0.2) is 0 Å². The first-order valence-electron chi connectivity index (χ1n) is 5.56. The third-order valence-electron chi connectivity index (χ3n) is 2.82. The van der Waals surface area contributed by atoms with E-state index in [0.29, 0.717) is 5.02 Å². The zero-order valence-electron chi connectivity index (χ0n) is 10.2. The number of nitrogen functional groups attached to an aromatic ring is 1. The van der Waals surface area contributed by atoms with Crippen molar-refractivity contribution in [3.05, 3.63) is 51.0 Å². The summed E-state index contributed by atoms with van der Waals surface area (Å²) >= 11 is 9.51. The van der Waals surface area contributed by atoms with Crippen molar-refractivity contribution in [1.82, 2.24) is 0 Å². The Kier molecular flexibility index (Phi) is 3.83. The van der Waals surface area contributed by atoms with Gasteiger partial charge in [0.1, 0.15) is 0 Å². The van der Waals surface area contributed by atoms with Crippen molar-refractivity contribution in [3.63, 3.8) is 0 Å². The number of benzene rings is 2. The van der Waals surface area contributed by atoms with E-state index < -0.39 is 0 Å². The lowest BCUT2D eigenvalue weighted by molar-refractivity contribution is 1.40. The van der Waals surface area contributed by atoms with E-state index >= 15 is 0 Å². The van der Waals surface area contributed by atoms with Gasteiger partial charge in [-0.1, -0.05) is 17.7 Å². The van der Waals surface area contributed by atoms with Gasteiger partial charge >= 0.3 is 0 Å². The highest BCUT2D eigenvalue weighted by atomic mass is 79.9. The smallest absolute Gasteiger partial charge is 0.0532 e. The van der Waals surface area contributed by atoms with Crippen LogP contribution in [0.25, 0.3) is 0 Å². The fraction of sp³-hybridized carbons (Fsp3) is 0.143. The third-order valence-corrected chi connectivity index (χ3v) is 3.72. The summed E-state index contributed by atoms with van der Waals surface area (Å²) in [5.74, 6) is 0. The van der Waals surface area contributed by atoms with Gasteiger partial charge in [0.25, 0.3) is 0 Å². The Morgan fingerprint density at radius 1 is 1.06 bits per heavy atom. The molecule has 2 nitrogen and oxygen atoms in total. The van der Waals surface area contributed by atoms with Crippen LogP contribution in [0.4, 0.5) is 17.1 Å². The first kappa shape index (κ1) is 13.2. The average Bonchev–Trinajstić information content (AvgIpc) is 2.30. The molecule has 0 atom stereocenters. The highest BCUT2D eigenvalue weighted by Gasteiger charge is 2.06. The van der Waals surface area contributed by atoms with Crippen LogP contribution in [0.2, 0.25) is 5.02 Å². The molecule has 0 spiro atoms. The number of hydrogen-bond acceptors (Lipinski definition) is 2. The molecule has 0 radical (unpaired) electrons. The standard InChI is InChI=1S/C14H14BrClN2/c1-8-3-4-10(16)6-13(8)18-14-5-9(2)12(17)7-11(14)15/h3-7,18H,17H2,1-2H3. The Labute approximate surface area is 120 Å². The fourth-order valence-corrected chi connectivity index (χ4v) is 2.30. The van der Waals surface area contributed by atoms with E-state index in [1.165, 1.54) is 0 Å². The molecule has 0 fully saturated rings. The van der Waals surface area contributed by atoms with Gasteiger partial charge in [0.2, 0.25) is 0 Å². The van der Waals surface area contributed by atoms with E-state index in [-0.39, 0.29) is 0 Å². The van der Waals surface area contributed by atoms with Gasteiger partial charge in [-0.15, -0.1) is 0 Å². The Morgan fingerprint density at radius 3 is 2.50 bits per heavy atom. The second-order valence-electron chi connectivity index (χ2n) is 4.27. The van der Waals surface area contributed by atoms with E-state index in [1.807, 2.05) is 44.2 Å². The summed E-state index contributed by atoms with van der Waals surface area (Å²) in [6.07, 6.45) is 0. The second kappa shape index (κ2) is 5.21. The van der Waals surface area contributed by atoms with Crippen LogP contribution in [0.15, 0.2) is 34.8 Å². The van der Waals surface area contributed by atoms with Crippen LogP contribution in [0, 0.1) is 13.8 Å². The summed E-state index contributed by atoms with van der Waals surface area (Å²) < 4.78 is 0.935. The molecule has 94 valence electrons. The van der Waals surface area contributed by atoms with Crippen LogP contribution in [-0.4, -0.2) is 0 Å². The molecule has 2 aromatic rings. The Hall–Kier alpha value is -1.19. The van der Waals surface area contributed by atoms with Gasteiger partial charge in [-0.2, -0.15) is 0 Å². The number of aryl methyl sites for hydroxylation is 2. The van der Waals surface area contributed by atoms with Crippen LogP contribution >= 0.6 is 27.5 Å². The Balaban J connectivity index is 2.40. The van der Waals surface area contributed by atoms with Crippen molar-refractivity contribution < 1.29 is 0 Å². The molecule has 0 amide bonds. The molecule has 18 heavy (non-hydrogen) atoms. The predicted octanol–water partition coefficient (Wildman–Crippen LogP) is 5.05. The first-order chi connectivity index (χ1) is 8.47. The van der Waals surface area contributed by atoms with Crippen LogP contribution in [0.3, 0.4) is 0 Å². The first-order valence-corrected chi connectivity index (χ1v) is 6.73. The van der Waals surface area contributed by atoms with Crippen molar-refractivity contribution in [3.8, 4) is 0 Å². The van der Waals surface area contributed by atoms with Crippen molar-refractivity contribution in [2.24, 2.45) is 0 Å². The minimum Gasteiger partial charge on any atom is -0.398 e. The molecule has 0 aromatic heterocycles. The normalized spacial score (nSPS) is 10.4. The van der Waals surface area contributed by atoms with Crippen LogP contribution < -0.4 is 11.1 Å². The molecule has 3 N–H and O–H groups in total. The van der Waals surface area contributed by atoms with E-state index in [9.17, 15) is 0 Å². The monoisotopic (exact) mass is 324 g/mol. The molecule has 0 aliphatic carbocycles. The van der Waals surface area contributed by atoms with Crippen molar-refractivity contribution in [2.45, 2.75) is 13.8 Å². The number of nitrogens with one attached hydrogen (secondary N) is 1. The highest BCUT2D eigenvalue weighted by molar-refractivity contribution is 9.10. The van der Waals surface area contributed by atoms with Gasteiger partial charge in [-0.3, -0.25) is 0 Å². The maximum atomic E-state index is 6.01. The zero-order chi connectivity index (χ0) is 13.3. The highest BCUT2D eigenvalue weighted by Crippen LogP contribution is 2.32. The zero-order valence-corrected chi connectivity index (χ0v) is 12.6. The molecule has 2 rings (SSSR count). The summed E-state index contributed by atoms with van der Waals surface area (Å²) in [5.41, 5.74) is 10.8. The van der Waals surface area contributed by atoms with Gasteiger partial charge in [-0.05, 0) is 65.2 Å². The summed E-state index contributed by atoms with van der Waals surface area (Å²) in [7, 11) is 0. The summed E-state index contributed by atoms with van der Waals surface area (Å²) in [6.45, 7) is 4.02. The van der Waals surface area contributed by atoms with Crippen molar-refractivity contribution >= 4 is 44.6 Å². The fourth-order valence-electron chi connectivity index (χ4n) is 1.67. The molecule has 0 saturated carbocycles. The summed E-state index contributed by atoms with van der Waals surface area (Å²) in [6, 6.07) is 9.69. The largest absolute Gasteiger partial charge is 0.398 e. The lowest BCUT2D eigenvalue weighted by Gasteiger charge is -2.13. The quantitative estimate of drug-likeness (QED) is 0.759. The van der Waals surface area contributed by atoms with Gasteiger partial charge in [0, 0.05) is 20.9 Å². The van der Waals surface area contributed by atoms with Crippen LogP contribution in [0.5, 0.6) is 0 Å². The average molecular weight is 326 g/mol. The minimum absolute atomic E-state index is 0.714.